The van der Waals surface area contributed by atoms with Crippen molar-refractivity contribution in [3.8, 4) is 0 Å². The lowest BCUT2D eigenvalue weighted by Crippen LogP contribution is -2.32. The summed E-state index contributed by atoms with van der Waals surface area (Å²) in [4.78, 5) is 0. The minimum Gasteiger partial charge on any atom is -0.251 e. The minimum absolute atomic E-state index is 0.953. The Morgan fingerprint density at radius 1 is 1.42 bits per heavy atom. The molecule has 0 aliphatic carbocycles. The van der Waals surface area contributed by atoms with Crippen molar-refractivity contribution in [2.45, 2.75) is 17.2 Å². The maximum absolute atomic E-state index is 12.6. The van der Waals surface area contributed by atoms with E-state index in [0.717, 1.165) is 0 Å². The van der Waals surface area contributed by atoms with Gasteiger partial charge in [-0.05, 0) is 0 Å². The van der Waals surface area contributed by atoms with E-state index in [2.05, 4.69) is 0 Å². The number of sulfone groups is 1. The van der Waals surface area contributed by atoms with Gasteiger partial charge in [0.05, 0.1) is 12.6 Å². The van der Waals surface area contributed by atoms with Crippen LogP contribution in [0.4, 0.5) is 17.6 Å². The van der Waals surface area contributed by atoms with Crippen LogP contribution in [0, 0.1) is 5.92 Å². The molecule has 2 unspecified atom stereocenters. The molecular formula is C5H6F4O2S. The predicted octanol–water partition coefficient (Wildman–Crippen LogP) is 1.28. The van der Waals surface area contributed by atoms with Crippen molar-refractivity contribution in [2.75, 3.05) is 6.67 Å². The fourth-order valence-electron chi connectivity index (χ4n) is 1.04. The van der Waals surface area contributed by atoms with E-state index in [1.54, 1.807) is 0 Å². The summed E-state index contributed by atoms with van der Waals surface area (Å²) in [7, 11) is -5.10. The van der Waals surface area contributed by atoms with Gasteiger partial charge in [-0.3, -0.25) is 4.39 Å². The third-order valence-electron chi connectivity index (χ3n) is 1.85. The van der Waals surface area contributed by atoms with Crippen molar-refractivity contribution in [3.63, 3.8) is 0 Å². The fraction of sp³-hybridized carbons (Fsp3) is 1.00. The summed E-state index contributed by atoms with van der Waals surface area (Å²) in [5.74, 6) is -2.03. The molecule has 0 aromatic carbocycles. The summed E-state index contributed by atoms with van der Waals surface area (Å²) < 4.78 is 70.3. The van der Waals surface area contributed by atoms with Gasteiger partial charge in [0.15, 0.2) is 0 Å². The molecule has 0 N–H and O–H groups in total. The van der Waals surface area contributed by atoms with Gasteiger partial charge in [-0.1, -0.05) is 0 Å². The van der Waals surface area contributed by atoms with Crippen LogP contribution in [0.3, 0.4) is 0 Å². The van der Waals surface area contributed by atoms with Gasteiger partial charge < -0.3 is 0 Å². The molecule has 2 atom stereocenters. The van der Waals surface area contributed by atoms with Crippen molar-refractivity contribution in [2.24, 2.45) is 5.92 Å². The quantitative estimate of drug-likeness (QED) is 0.605. The predicted molar refractivity (Wildman–Crippen MR) is 32.8 cm³/mol. The Balaban J connectivity index is 3.10. The van der Waals surface area contributed by atoms with Crippen LogP contribution in [0.5, 0.6) is 0 Å². The molecule has 72 valence electrons. The Kier molecular flexibility index (Phi) is 2.10. The molecule has 1 saturated heterocycles. The van der Waals surface area contributed by atoms with E-state index >= 15 is 0 Å². The van der Waals surface area contributed by atoms with Gasteiger partial charge >= 0.3 is 5.25 Å². The fourth-order valence-corrected chi connectivity index (χ4v) is 2.49. The highest BCUT2D eigenvalue weighted by Crippen LogP contribution is 2.45. The lowest BCUT2D eigenvalue weighted by molar-refractivity contribution is 0.0240. The Bertz CT molecular complexity index is 273. The van der Waals surface area contributed by atoms with Crippen LogP contribution < -0.4 is 0 Å². The second-order valence-electron chi connectivity index (χ2n) is 2.60. The molecule has 12 heavy (non-hydrogen) atoms. The Hall–Kier alpha value is -0.330. The van der Waals surface area contributed by atoms with Crippen LogP contribution in [-0.2, 0) is 9.84 Å². The van der Waals surface area contributed by atoms with Crippen LogP contribution >= 0.6 is 0 Å². The third kappa shape index (κ3) is 1.02. The molecule has 0 aromatic rings. The van der Waals surface area contributed by atoms with E-state index in [4.69, 9.17) is 0 Å². The van der Waals surface area contributed by atoms with Crippen LogP contribution in [0.25, 0.3) is 0 Å². The van der Waals surface area contributed by atoms with E-state index in [0.29, 0.717) is 0 Å². The zero-order valence-corrected chi connectivity index (χ0v) is 6.62. The second kappa shape index (κ2) is 2.58. The van der Waals surface area contributed by atoms with Gasteiger partial charge in [-0.2, -0.15) is 8.78 Å². The number of halogens is 4. The largest absolute Gasteiger partial charge is 0.353 e. The first-order valence-electron chi connectivity index (χ1n) is 3.15. The highest BCUT2D eigenvalue weighted by atomic mass is 32.2. The first-order valence-corrected chi connectivity index (χ1v) is 4.70. The van der Waals surface area contributed by atoms with E-state index in [9.17, 15) is 26.0 Å². The standard InChI is InChI=1S/C5H6F4O2S/c6-2-3-1-4(7)12(10,11)5(3,8)9/h3-4H,1-2H2. The zero-order valence-electron chi connectivity index (χ0n) is 5.81. The molecular weight excluding hydrogens is 200 g/mol. The molecule has 1 aliphatic rings. The van der Waals surface area contributed by atoms with E-state index in [-0.39, 0.29) is 0 Å². The molecule has 1 heterocycles. The smallest absolute Gasteiger partial charge is 0.251 e. The topological polar surface area (TPSA) is 34.1 Å². The van der Waals surface area contributed by atoms with Crippen molar-refractivity contribution in [1.82, 2.24) is 0 Å². The van der Waals surface area contributed by atoms with Gasteiger partial charge in [0, 0.05) is 6.42 Å². The van der Waals surface area contributed by atoms with Crippen molar-refractivity contribution < 1.29 is 26.0 Å². The Morgan fingerprint density at radius 2 is 1.92 bits per heavy atom. The average Bonchev–Trinajstić information content (AvgIpc) is 2.10. The summed E-state index contributed by atoms with van der Waals surface area (Å²) in [5.41, 5.74) is -2.63. The summed E-state index contributed by atoms with van der Waals surface area (Å²) in [6, 6.07) is 0. The number of hydrogen-bond donors (Lipinski definition) is 0. The first-order chi connectivity index (χ1) is 5.34. The maximum atomic E-state index is 12.6. The summed E-state index contributed by atoms with van der Waals surface area (Å²) in [6.07, 6.45) is -0.953. The number of hydrogen-bond acceptors (Lipinski definition) is 2. The SMILES string of the molecule is O=S1(=O)C(F)CC(CF)C1(F)F. The van der Waals surface area contributed by atoms with Crippen LogP contribution in [0.1, 0.15) is 6.42 Å². The van der Waals surface area contributed by atoms with Crippen molar-refractivity contribution in [1.29, 1.82) is 0 Å². The molecule has 0 spiro atoms. The minimum atomic E-state index is -5.10. The third-order valence-corrected chi connectivity index (χ3v) is 3.81. The normalized spacial score (nSPS) is 38.3. The van der Waals surface area contributed by atoms with Gasteiger partial charge in [-0.15, -0.1) is 0 Å². The first kappa shape index (κ1) is 9.76. The van der Waals surface area contributed by atoms with E-state index < -0.39 is 39.6 Å². The maximum Gasteiger partial charge on any atom is 0.353 e. The number of alkyl halides is 4. The molecule has 1 fully saturated rings. The molecule has 0 amide bonds. The van der Waals surface area contributed by atoms with Gasteiger partial charge in [0.25, 0.3) is 0 Å². The molecule has 0 bridgehead atoms. The monoisotopic (exact) mass is 206 g/mol. The summed E-state index contributed by atoms with van der Waals surface area (Å²) in [5, 5.41) is -4.25. The lowest BCUT2D eigenvalue weighted by Gasteiger charge is -2.12. The summed E-state index contributed by atoms with van der Waals surface area (Å²) in [6.45, 7) is -1.52. The van der Waals surface area contributed by atoms with Crippen LogP contribution in [-0.4, -0.2) is 25.9 Å². The average molecular weight is 206 g/mol. The van der Waals surface area contributed by atoms with Crippen LogP contribution in [0.15, 0.2) is 0 Å². The van der Waals surface area contributed by atoms with Gasteiger partial charge in [0.1, 0.15) is 0 Å². The highest BCUT2D eigenvalue weighted by molar-refractivity contribution is 7.93. The second-order valence-corrected chi connectivity index (χ2v) is 4.75. The van der Waals surface area contributed by atoms with Crippen LogP contribution in [0.2, 0.25) is 0 Å². The molecule has 1 aliphatic heterocycles. The number of rotatable bonds is 1. The van der Waals surface area contributed by atoms with Gasteiger partial charge in [-0.25, -0.2) is 12.8 Å². The zero-order chi connectivity index (χ0) is 9.57. The van der Waals surface area contributed by atoms with E-state index in [1.807, 2.05) is 0 Å². The molecule has 0 saturated carbocycles. The van der Waals surface area contributed by atoms with E-state index in [1.165, 1.54) is 0 Å². The van der Waals surface area contributed by atoms with Crippen molar-refractivity contribution >= 4 is 9.84 Å². The molecule has 0 aromatic heterocycles. The molecule has 0 radical (unpaired) electrons. The molecule has 7 heteroatoms. The molecule has 1 rings (SSSR count). The Labute approximate surface area is 66.5 Å². The highest BCUT2D eigenvalue weighted by Gasteiger charge is 2.62. The van der Waals surface area contributed by atoms with Gasteiger partial charge in [0.2, 0.25) is 15.3 Å². The Morgan fingerprint density at radius 3 is 2.08 bits per heavy atom. The van der Waals surface area contributed by atoms with Crippen molar-refractivity contribution in [3.05, 3.63) is 0 Å². The lowest BCUT2D eigenvalue weighted by atomic mass is 10.1. The molecule has 2 nitrogen and oxygen atoms in total. The summed E-state index contributed by atoms with van der Waals surface area (Å²) >= 11 is 0.